The van der Waals surface area contributed by atoms with Crippen LogP contribution in [0.4, 0.5) is 0 Å². The second-order valence-electron chi connectivity index (χ2n) is 4.71. The van der Waals surface area contributed by atoms with Crippen molar-refractivity contribution in [2.75, 3.05) is 6.54 Å². The van der Waals surface area contributed by atoms with Crippen LogP contribution in [0.25, 0.3) is 0 Å². The monoisotopic (exact) mass is 286 g/mol. The first-order valence-electron chi connectivity index (χ1n) is 6.05. The van der Waals surface area contributed by atoms with Gasteiger partial charge in [0, 0.05) is 27.7 Å². The number of hydrogen-bond donors (Lipinski definition) is 2. The van der Waals surface area contributed by atoms with Crippen molar-refractivity contribution in [3.63, 3.8) is 0 Å². The Morgan fingerprint density at radius 3 is 2.61 bits per heavy atom. The summed E-state index contributed by atoms with van der Waals surface area (Å²) in [5.41, 5.74) is 0.513. The molecule has 0 saturated carbocycles. The first-order chi connectivity index (χ1) is 8.54. The normalized spacial score (nSPS) is 23.7. The Kier molecular flexibility index (Phi) is 4.49. The van der Waals surface area contributed by atoms with Crippen LogP contribution in [0.5, 0.6) is 0 Å². The van der Waals surface area contributed by atoms with Crippen molar-refractivity contribution in [3.05, 3.63) is 33.8 Å². The van der Waals surface area contributed by atoms with E-state index >= 15 is 0 Å². The number of halogens is 2. The molecule has 0 spiro atoms. The Bertz CT molecular complexity index is 430. The van der Waals surface area contributed by atoms with Crippen LogP contribution in [0.3, 0.4) is 0 Å². The molecule has 1 aromatic rings. The van der Waals surface area contributed by atoms with Crippen LogP contribution in [0.1, 0.15) is 30.1 Å². The summed E-state index contributed by atoms with van der Waals surface area (Å²) in [6.07, 6.45) is 1.89. The maximum absolute atomic E-state index is 12.1. The van der Waals surface area contributed by atoms with E-state index in [0.717, 1.165) is 19.4 Å². The molecule has 0 aliphatic carbocycles. The van der Waals surface area contributed by atoms with Gasteiger partial charge < -0.3 is 10.6 Å². The van der Waals surface area contributed by atoms with Crippen molar-refractivity contribution in [3.8, 4) is 0 Å². The highest BCUT2D eigenvalue weighted by atomic mass is 35.5. The maximum atomic E-state index is 12.1. The molecule has 3 nitrogen and oxygen atoms in total. The van der Waals surface area contributed by atoms with E-state index in [4.69, 9.17) is 23.2 Å². The van der Waals surface area contributed by atoms with Gasteiger partial charge >= 0.3 is 0 Å². The predicted octanol–water partition coefficient (Wildman–Crippen LogP) is 2.86. The lowest BCUT2D eigenvalue weighted by Gasteiger charge is -2.28. The Morgan fingerprint density at radius 2 is 2.00 bits per heavy atom. The second kappa shape index (κ2) is 5.91. The van der Waals surface area contributed by atoms with Gasteiger partial charge in [-0.25, -0.2) is 0 Å². The van der Waals surface area contributed by atoms with E-state index in [1.165, 1.54) is 0 Å². The Balaban J connectivity index is 2.02. The van der Waals surface area contributed by atoms with Gasteiger partial charge in [-0.2, -0.15) is 0 Å². The summed E-state index contributed by atoms with van der Waals surface area (Å²) >= 11 is 11.8. The highest BCUT2D eigenvalue weighted by Gasteiger charge is 2.20. The van der Waals surface area contributed by atoms with Gasteiger partial charge in [0.15, 0.2) is 0 Å². The molecule has 0 radical (unpaired) electrons. The number of amides is 1. The summed E-state index contributed by atoms with van der Waals surface area (Å²) in [4.78, 5) is 12.1. The fourth-order valence-corrected chi connectivity index (χ4v) is 2.74. The minimum absolute atomic E-state index is 0.112. The molecule has 1 saturated heterocycles. The molecule has 2 atom stereocenters. The van der Waals surface area contributed by atoms with E-state index in [1.807, 2.05) is 0 Å². The predicted molar refractivity (Wildman–Crippen MR) is 74.4 cm³/mol. The zero-order valence-corrected chi connectivity index (χ0v) is 11.7. The Labute approximate surface area is 117 Å². The summed E-state index contributed by atoms with van der Waals surface area (Å²) in [6.45, 7) is 3.05. The largest absolute Gasteiger partial charge is 0.349 e. The molecule has 1 aliphatic rings. The molecular formula is C13H16Cl2N2O. The van der Waals surface area contributed by atoms with E-state index < -0.39 is 0 Å². The number of nitrogens with one attached hydrogen (secondary N) is 2. The third kappa shape index (κ3) is 3.61. The molecule has 2 rings (SSSR count). The van der Waals surface area contributed by atoms with Crippen molar-refractivity contribution in [1.29, 1.82) is 0 Å². The number of carbonyl (C=O) groups excluding carboxylic acids is 1. The maximum Gasteiger partial charge on any atom is 0.251 e. The lowest BCUT2D eigenvalue weighted by atomic mass is 10.0. The van der Waals surface area contributed by atoms with Crippen LogP contribution >= 0.6 is 23.2 Å². The third-order valence-electron chi connectivity index (χ3n) is 3.08. The van der Waals surface area contributed by atoms with Gasteiger partial charge in [-0.1, -0.05) is 23.2 Å². The van der Waals surface area contributed by atoms with Gasteiger partial charge in [0.25, 0.3) is 5.91 Å². The Hall–Kier alpha value is -0.770. The summed E-state index contributed by atoms with van der Waals surface area (Å²) in [7, 11) is 0. The van der Waals surface area contributed by atoms with Crippen molar-refractivity contribution >= 4 is 29.1 Å². The smallest absolute Gasteiger partial charge is 0.251 e. The van der Waals surface area contributed by atoms with Crippen LogP contribution in [0.2, 0.25) is 10.0 Å². The minimum atomic E-state index is -0.112. The van der Waals surface area contributed by atoms with Crippen molar-refractivity contribution in [2.45, 2.75) is 31.8 Å². The summed E-state index contributed by atoms with van der Waals surface area (Å²) in [5, 5.41) is 7.33. The molecule has 1 aromatic carbocycles. The molecular weight excluding hydrogens is 271 g/mol. The third-order valence-corrected chi connectivity index (χ3v) is 3.52. The molecule has 2 N–H and O–H groups in total. The number of rotatable bonds is 2. The van der Waals surface area contributed by atoms with Crippen LogP contribution in [0, 0.1) is 0 Å². The average Bonchev–Trinajstić information content (AvgIpc) is 2.27. The number of carbonyl (C=O) groups is 1. The second-order valence-corrected chi connectivity index (χ2v) is 5.58. The van der Waals surface area contributed by atoms with Crippen LogP contribution in [-0.2, 0) is 0 Å². The molecule has 1 fully saturated rings. The quantitative estimate of drug-likeness (QED) is 0.878. The standard InChI is InChI=1S/C13H16Cl2N2O/c1-8-4-12(2-3-16-8)17-13(18)9-5-10(14)7-11(15)6-9/h5-8,12,16H,2-4H2,1H3,(H,17,18). The van der Waals surface area contributed by atoms with E-state index in [9.17, 15) is 4.79 Å². The lowest BCUT2D eigenvalue weighted by Crippen LogP contribution is -2.46. The van der Waals surface area contributed by atoms with Crippen LogP contribution < -0.4 is 10.6 Å². The van der Waals surface area contributed by atoms with Gasteiger partial charge in [0.1, 0.15) is 0 Å². The lowest BCUT2D eigenvalue weighted by molar-refractivity contribution is 0.0925. The first-order valence-corrected chi connectivity index (χ1v) is 6.80. The molecule has 2 unspecified atom stereocenters. The Morgan fingerprint density at radius 1 is 1.33 bits per heavy atom. The zero-order valence-electron chi connectivity index (χ0n) is 10.2. The molecule has 18 heavy (non-hydrogen) atoms. The topological polar surface area (TPSA) is 41.1 Å². The van der Waals surface area contributed by atoms with Gasteiger partial charge in [0.2, 0.25) is 0 Å². The van der Waals surface area contributed by atoms with E-state index in [-0.39, 0.29) is 11.9 Å². The van der Waals surface area contributed by atoms with Gasteiger partial charge in [0.05, 0.1) is 0 Å². The molecule has 1 aliphatic heterocycles. The van der Waals surface area contributed by atoms with Crippen LogP contribution in [-0.4, -0.2) is 24.5 Å². The van der Waals surface area contributed by atoms with E-state index in [2.05, 4.69) is 17.6 Å². The minimum Gasteiger partial charge on any atom is -0.349 e. The van der Waals surface area contributed by atoms with Gasteiger partial charge in [-0.15, -0.1) is 0 Å². The molecule has 1 amide bonds. The van der Waals surface area contributed by atoms with Gasteiger partial charge in [-0.3, -0.25) is 4.79 Å². The van der Waals surface area contributed by atoms with Crippen molar-refractivity contribution in [1.82, 2.24) is 10.6 Å². The fourth-order valence-electron chi connectivity index (χ4n) is 2.22. The molecule has 0 bridgehead atoms. The highest BCUT2D eigenvalue weighted by Crippen LogP contribution is 2.19. The number of benzene rings is 1. The molecule has 1 heterocycles. The van der Waals surface area contributed by atoms with Crippen LogP contribution in [0.15, 0.2) is 18.2 Å². The van der Waals surface area contributed by atoms with Crippen molar-refractivity contribution < 1.29 is 4.79 Å². The summed E-state index contributed by atoms with van der Waals surface area (Å²) in [5.74, 6) is -0.112. The highest BCUT2D eigenvalue weighted by molar-refractivity contribution is 6.35. The first kappa shape index (κ1) is 13.7. The van der Waals surface area contributed by atoms with Gasteiger partial charge in [-0.05, 0) is 44.5 Å². The molecule has 0 aromatic heterocycles. The van der Waals surface area contributed by atoms with Crippen molar-refractivity contribution in [2.24, 2.45) is 0 Å². The fraction of sp³-hybridized carbons (Fsp3) is 0.462. The SMILES string of the molecule is CC1CC(NC(=O)c2cc(Cl)cc(Cl)c2)CCN1. The number of hydrogen-bond acceptors (Lipinski definition) is 2. The summed E-state index contributed by atoms with van der Waals surface area (Å²) < 4.78 is 0. The van der Waals surface area contributed by atoms with E-state index in [0.29, 0.717) is 21.7 Å². The zero-order chi connectivity index (χ0) is 13.1. The molecule has 98 valence electrons. The summed E-state index contributed by atoms with van der Waals surface area (Å²) in [6, 6.07) is 5.53. The van der Waals surface area contributed by atoms with E-state index in [1.54, 1.807) is 18.2 Å². The number of piperidine rings is 1. The molecule has 5 heteroatoms. The average molecular weight is 287 g/mol.